The lowest BCUT2D eigenvalue weighted by Gasteiger charge is -2.50. The van der Waals surface area contributed by atoms with Crippen LogP contribution in [0.2, 0.25) is 0 Å². The van der Waals surface area contributed by atoms with Crippen molar-refractivity contribution in [1.29, 1.82) is 0 Å². The first-order valence-corrected chi connectivity index (χ1v) is 7.03. The average Bonchev–Trinajstić information content (AvgIpc) is 2.16. The van der Waals surface area contributed by atoms with E-state index in [0.29, 0.717) is 5.92 Å². The second-order valence-electron chi connectivity index (χ2n) is 5.70. The molecule has 3 heteroatoms. The Morgan fingerprint density at radius 3 is 2.53 bits per heavy atom. The highest BCUT2D eigenvalue weighted by Gasteiger charge is 2.46. The summed E-state index contributed by atoms with van der Waals surface area (Å²) < 4.78 is 0. The highest BCUT2D eigenvalue weighted by Crippen LogP contribution is 2.42. The van der Waals surface area contributed by atoms with Gasteiger partial charge >= 0.3 is 0 Å². The van der Waals surface area contributed by atoms with Crippen molar-refractivity contribution >= 4 is 11.8 Å². The van der Waals surface area contributed by atoms with E-state index in [1.54, 1.807) is 0 Å². The molecule has 0 radical (unpaired) electrons. The van der Waals surface area contributed by atoms with Crippen LogP contribution in [0.5, 0.6) is 0 Å². The molecule has 90 valence electrons. The SMILES string of the molecule is CC(C)CNC1(CO)CSCCC1(C)C. The normalized spacial score (nSPS) is 30.8. The first-order chi connectivity index (χ1) is 6.93. The van der Waals surface area contributed by atoms with E-state index in [1.165, 1.54) is 12.2 Å². The molecule has 0 aromatic heterocycles. The zero-order valence-corrected chi connectivity index (χ0v) is 11.3. The fourth-order valence-corrected chi connectivity index (χ4v) is 3.75. The first-order valence-electron chi connectivity index (χ1n) is 5.87. The maximum Gasteiger partial charge on any atom is 0.0626 e. The number of nitrogens with one attached hydrogen (secondary N) is 1. The second-order valence-corrected chi connectivity index (χ2v) is 6.81. The van der Waals surface area contributed by atoms with Crippen LogP contribution in [-0.4, -0.2) is 35.3 Å². The molecule has 1 heterocycles. The number of rotatable bonds is 4. The van der Waals surface area contributed by atoms with Crippen molar-refractivity contribution in [2.24, 2.45) is 11.3 Å². The second kappa shape index (κ2) is 5.07. The van der Waals surface area contributed by atoms with Crippen LogP contribution in [0.3, 0.4) is 0 Å². The summed E-state index contributed by atoms with van der Waals surface area (Å²) in [7, 11) is 0. The molecule has 1 aliphatic heterocycles. The van der Waals surface area contributed by atoms with Crippen molar-refractivity contribution in [3.8, 4) is 0 Å². The molecular formula is C12H25NOS. The molecular weight excluding hydrogens is 206 g/mol. The fraction of sp³-hybridized carbons (Fsp3) is 1.00. The molecule has 15 heavy (non-hydrogen) atoms. The Bertz CT molecular complexity index is 206. The van der Waals surface area contributed by atoms with E-state index in [9.17, 15) is 5.11 Å². The standard InChI is InChI=1S/C12H25NOS/c1-10(2)7-13-12(8-14)9-15-6-5-11(12,3)4/h10,13-14H,5-9H2,1-4H3. The monoisotopic (exact) mass is 231 g/mol. The summed E-state index contributed by atoms with van der Waals surface area (Å²) in [6.07, 6.45) is 1.18. The van der Waals surface area contributed by atoms with Gasteiger partial charge in [0.25, 0.3) is 0 Å². The Morgan fingerprint density at radius 1 is 1.40 bits per heavy atom. The van der Waals surface area contributed by atoms with Gasteiger partial charge in [-0.05, 0) is 30.1 Å². The Hall–Kier alpha value is 0.270. The summed E-state index contributed by atoms with van der Waals surface area (Å²) in [4.78, 5) is 0. The van der Waals surface area contributed by atoms with Gasteiger partial charge in [-0.25, -0.2) is 0 Å². The van der Waals surface area contributed by atoms with Crippen molar-refractivity contribution in [3.05, 3.63) is 0 Å². The lowest BCUT2D eigenvalue weighted by Crippen LogP contribution is -2.63. The first kappa shape index (κ1) is 13.3. The molecule has 2 nitrogen and oxygen atoms in total. The summed E-state index contributed by atoms with van der Waals surface area (Å²) in [5, 5.41) is 13.3. The number of hydrogen-bond acceptors (Lipinski definition) is 3. The lowest BCUT2D eigenvalue weighted by atomic mass is 9.71. The molecule has 2 N–H and O–H groups in total. The van der Waals surface area contributed by atoms with Crippen molar-refractivity contribution in [3.63, 3.8) is 0 Å². The molecule has 1 fully saturated rings. The summed E-state index contributed by atoms with van der Waals surface area (Å²) in [5.41, 5.74) is 0.113. The van der Waals surface area contributed by atoms with E-state index in [0.717, 1.165) is 12.3 Å². The molecule has 1 rings (SSSR count). The van der Waals surface area contributed by atoms with Crippen LogP contribution in [0.25, 0.3) is 0 Å². The molecule has 0 aliphatic carbocycles. The molecule has 1 saturated heterocycles. The molecule has 0 aromatic carbocycles. The lowest BCUT2D eigenvalue weighted by molar-refractivity contribution is 0.0580. The molecule has 0 saturated carbocycles. The van der Waals surface area contributed by atoms with Gasteiger partial charge in [0.05, 0.1) is 12.1 Å². The molecule has 0 bridgehead atoms. The van der Waals surface area contributed by atoms with Crippen LogP contribution in [-0.2, 0) is 0 Å². The summed E-state index contributed by atoms with van der Waals surface area (Å²) in [6, 6.07) is 0. The predicted octanol–water partition coefficient (Wildman–Crippen LogP) is 2.13. The predicted molar refractivity (Wildman–Crippen MR) is 68.4 cm³/mol. The van der Waals surface area contributed by atoms with E-state index in [2.05, 4.69) is 33.0 Å². The van der Waals surface area contributed by atoms with Gasteiger partial charge in [0.15, 0.2) is 0 Å². The number of aliphatic hydroxyl groups excluding tert-OH is 1. The third kappa shape index (κ3) is 2.89. The third-order valence-corrected chi connectivity index (χ3v) is 4.82. The Labute approximate surface area is 98.2 Å². The summed E-state index contributed by atoms with van der Waals surface area (Å²) in [6.45, 7) is 10.2. The summed E-state index contributed by atoms with van der Waals surface area (Å²) in [5.74, 6) is 2.89. The molecule has 1 unspecified atom stereocenters. The minimum Gasteiger partial charge on any atom is -0.394 e. The van der Waals surface area contributed by atoms with Crippen LogP contribution >= 0.6 is 11.8 Å². The Morgan fingerprint density at radius 2 is 2.07 bits per heavy atom. The Balaban J connectivity index is 2.71. The van der Waals surface area contributed by atoms with Gasteiger partial charge in [-0.1, -0.05) is 27.7 Å². The van der Waals surface area contributed by atoms with Gasteiger partial charge in [-0.15, -0.1) is 0 Å². The van der Waals surface area contributed by atoms with E-state index in [-0.39, 0.29) is 17.6 Å². The van der Waals surface area contributed by atoms with Crippen LogP contribution in [0.4, 0.5) is 0 Å². The fourth-order valence-electron chi connectivity index (χ4n) is 2.01. The van der Waals surface area contributed by atoms with Crippen molar-refractivity contribution in [1.82, 2.24) is 5.32 Å². The van der Waals surface area contributed by atoms with Gasteiger partial charge in [0.2, 0.25) is 0 Å². The highest BCUT2D eigenvalue weighted by molar-refractivity contribution is 7.99. The molecule has 0 aromatic rings. The minimum absolute atomic E-state index is 0.0831. The highest BCUT2D eigenvalue weighted by atomic mass is 32.2. The van der Waals surface area contributed by atoms with Crippen molar-refractivity contribution in [2.75, 3.05) is 24.7 Å². The number of aliphatic hydroxyl groups is 1. The topological polar surface area (TPSA) is 32.3 Å². The smallest absolute Gasteiger partial charge is 0.0626 e. The molecule has 0 amide bonds. The largest absolute Gasteiger partial charge is 0.394 e. The molecule has 1 aliphatic rings. The number of thioether (sulfide) groups is 1. The molecule has 1 atom stereocenters. The van der Waals surface area contributed by atoms with Gasteiger partial charge in [-0.3, -0.25) is 0 Å². The van der Waals surface area contributed by atoms with Crippen LogP contribution in [0, 0.1) is 11.3 Å². The zero-order chi connectivity index (χ0) is 11.5. The van der Waals surface area contributed by atoms with Gasteiger partial charge in [-0.2, -0.15) is 11.8 Å². The summed E-state index contributed by atoms with van der Waals surface area (Å²) >= 11 is 1.96. The van der Waals surface area contributed by atoms with Gasteiger partial charge in [0, 0.05) is 5.75 Å². The van der Waals surface area contributed by atoms with E-state index in [1.807, 2.05) is 11.8 Å². The van der Waals surface area contributed by atoms with Crippen molar-refractivity contribution in [2.45, 2.75) is 39.7 Å². The van der Waals surface area contributed by atoms with E-state index in [4.69, 9.17) is 0 Å². The van der Waals surface area contributed by atoms with Crippen LogP contribution in [0.15, 0.2) is 0 Å². The molecule has 0 spiro atoms. The van der Waals surface area contributed by atoms with Crippen LogP contribution in [0.1, 0.15) is 34.1 Å². The maximum atomic E-state index is 9.71. The third-order valence-electron chi connectivity index (χ3n) is 3.63. The van der Waals surface area contributed by atoms with Crippen LogP contribution < -0.4 is 5.32 Å². The average molecular weight is 231 g/mol. The zero-order valence-electron chi connectivity index (χ0n) is 10.5. The quantitative estimate of drug-likeness (QED) is 0.777. The Kier molecular flexibility index (Phi) is 4.50. The maximum absolute atomic E-state index is 9.71. The van der Waals surface area contributed by atoms with Gasteiger partial charge in [0.1, 0.15) is 0 Å². The van der Waals surface area contributed by atoms with E-state index >= 15 is 0 Å². The van der Waals surface area contributed by atoms with Crippen molar-refractivity contribution < 1.29 is 5.11 Å². The van der Waals surface area contributed by atoms with E-state index < -0.39 is 0 Å². The minimum atomic E-state index is -0.0831. The van der Waals surface area contributed by atoms with Gasteiger partial charge < -0.3 is 10.4 Å². The number of hydrogen-bond donors (Lipinski definition) is 2.